The molecule has 0 spiro atoms. The van der Waals surface area contributed by atoms with E-state index in [-0.39, 0.29) is 32.1 Å². The summed E-state index contributed by atoms with van der Waals surface area (Å²) >= 11 is 0. The summed E-state index contributed by atoms with van der Waals surface area (Å²) in [6.45, 7) is 2.10. The number of fused-ring (bicyclic) bond motifs is 2. The number of nitrogens with zero attached hydrogens (tertiary/aromatic N) is 3. The van der Waals surface area contributed by atoms with Gasteiger partial charge in [-0.3, -0.25) is 9.59 Å². The van der Waals surface area contributed by atoms with E-state index in [9.17, 15) is 9.59 Å². The lowest BCUT2D eigenvalue weighted by Gasteiger charge is -2.28. The van der Waals surface area contributed by atoms with Crippen molar-refractivity contribution in [3.05, 3.63) is 59.9 Å². The van der Waals surface area contributed by atoms with E-state index in [4.69, 9.17) is 9.47 Å². The second kappa shape index (κ2) is 7.64. The zero-order valence-electron chi connectivity index (χ0n) is 15.4. The Kier molecular flexibility index (Phi) is 4.89. The van der Waals surface area contributed by atoms with E-state index in [0.717, 1.165) is 16.7 Å². The van der Waals surface area contributed by atoms with E-state index >= 15 is 0 Å². The summed E-state index contributed by atoms with van der Waals surface area (Å²) in [7, 11) is 0. The highest BCUT2D eigenvalue weighted by molar-refractivity contribution is 5.98. The molecule has 1 amide bonds. The van der Waals surface area contributed by atoms with Crippen LogP contribution in [0.25, 0.3) is 11.0 Å². The second-order valence-electron chi connectivity index (χ2n) is 6.46. The lowest BCUT2D eigenvalue weighted by molar-refractivity contribution is -0.144. The maximum atomic E-state index is 12.2. The second-order valence-corrected chi connectivity index (χ2v) is 6.46. The van der Waals surface area contributed by atoms with E-state index in [1.54, 1.807) is 17.0 Å². The smallest absolute Gasteiger partial charge is 0.307 e. The lowest BCUT2D eigenvalue weighted by Crippen LogP contribution is -2.40. The Morgan fingerprint density at radius 1 is 1.11 bits per heavy atom. The van der Waals surface area contributed by atoms with Crippen LogP contribution in [0.15, 0.2) is 48.5 Å². The lowest BCUT2D eigenvalue weighted by atomic mass is 10.2. The fourth-order valence-corrected chi connectivity index (χ4v) is 3.08. The summed E-state index contributed by atoms with van der Waals surface area (Å²) in [4.78, 5) is 34.9. The van der Waals surface area contributed by atoms with Crippen LogP contribution < -0.4 is 9.64 Å². The average molecular weight is 377 g/mol. The van der Waals surface area contributed by atoms with Gasteiger partial charge in [-0.2, -0.15) is 0 Å². The Morgan fingerprint density at radius 2 is 1.82 bits per heavy atom. The van der Waals surface area contributed by atoms with Gasteiger partial charge in [-0.05, 0) is 31.2 Å². The predicted octanol–water partition coefficient (Wildman–Crippen LogP) is 2.80. The molecule has 0 saturated carbocycles. The van der Waals surface area contributed by atoms with E-state index in [0.29, 0.717) is 17.1 Å². The topological polar surface area (TPSA) is 81.6 Å². The number of aryl methyl sites for hydroxylation is 1. The van der Waals surface area contributed by atoms with Crippen molar-refractivity contribution in [1.29, 1.82) is 0 Å². The first kappa shape index (κ1) is 17.9. The number of benzene rings is 2. The highest BCUT2D eigenvalue weighted by Crippen LogP contribution is 2.31. The Balaban J connectivity index is 1.38. The molecule has 1 aliphatic heterocycles. The number of carbonyl (C=O) groups is 2. The minimum Gasteiger partial charge on any atom is -0.482 e. The molecule has 4 rings (SSSR count). The summed E-state index contributed by atoms with van der Waals surface area (Å²) in [5.41, 5.74) is 3.58. The molecular formula is C21H19N3O4. The van der Waals surface area contributed by atoms with E-state index in [1.165, 1.54) is 0 Å². The number of para-hydroxylation sites is 4. The van der Waals surface area contributed by atoms with Gasteiger partial charge >= 0.3 is 5.97 Å². The first-order valence-electron chi connectivity index (χ1n) is 9.02. The zero-order chi connectivity index (χ0) is 19.5. The number of rotatable bonds is 5. The molecule has 0 radical (unpaired) electrons. The number of carbonyl (C=O) groups excluding carboxylic acids is 2. The largest absolute Gasteiger partial charge is 0.482 e. The quantitative estimate of drug-likeness (QED) is 0.636. The number of hydrogen-bond donors (Lipinski definition) is 0. The Labute approximate surface area is 161 Å². The molecule has 2 aromatic carbocycles. The molecule has 7 heteroatoms. The number of esters is 1. The standard InChI is InChI=1S/C21H19N3O4/c1-14-17(23-16-7-3-2-6-15(16)22-14)12-28-21(26)10-11-24-18-8-4-5-9-19(18)27-13-20(24)25/h2-9H,10-13H2,1H3. The molecule has 0 aliphatic carbocycles. The molecule has 2 heterocycles. The maximum absolute atomic E-state index is 12.2. The van der Waals surface area contributed by atoms with Crippen molar-refractivity contribution in [3.63, 3.8) is 0 Å². The number of hydrogen-bond acceptors (Lipinski definition) is 6. The van der Waals surface area contributed by atoms with Gasteiger partial charge < -0.3 is 14.4 Å². The van der Waals surface area contributed by atoms with Crippen molar-refractivity contribution in [2.45, 2.75) is 20.0 Å². The van der Waals surface area contributed by atoms with Gasteiger partial charge in [-0.15, -0.1) is 0 Å². The fraction of sp³-hybridized carbons (Fsp3) is 0.238. The Bertz CT molecular complexity index is 1050. The molecule has 0 saturated heterocycles. The van der Waals surface area contributed by atoms with Crippen molar-refractivity contribution < 1.29 is 19.1 Å². The molecule has 0 fully saturated rings. The van der Waals surface area contributed by atoms with Gasteiger partial charge in [0.25, 0.3) is 5.91 Å². The summed E-state index contributed by atoms with van der Waals surface area (Å²) < 4.78 is 10.8. The highest BCUT2D eigenvalue weighted by Gasteiger charge is 2.25. The Hall–Kier alpha value is -3.48. The van der Waals surface area contributed by atoms with E-state index in [2.05, 4.69) is 9.97 Å². The van der Waals surface area contributed by atoms with Gasteiger partial charge in [-0.1, -0.05) is 24.3 Å². The van der Waals surface area contributed by atoms with E-state index < -0.39 is 5.97 Å². The normalized spacial score (nSPS) is 13.2. The average Bonchev–Trinajstić information content (AvgIpc) is 2.71. The van der Waals surface area contributed by atoms with Crippen LogP contribution in [0.1, 0.15) is 17.8 Å². The van der Waals surface area contributed by atoms with Gasteiger partial charge in [0, 0.05) is 6.54 Å². The van der Waals surface area contributed by atoms with Crippen LogP contribution in [0.4, 0.5) is 5.69 Å². The minimum absolute atomic E-state index is 0.0298. The van der Waals surface area contributed by atoms with Crippen LogP contribution in [-0.4, -0.2) is 35.0 Å². The molecule has 1 aliphatic rings. The van der Waals surface area contributed by atoms with Gasteiger partial charge in [-0.25, -0.2) is 9.97 Å². The molecule has 0 bridgehead atoms. The molecule has 0 N–H and O–H groups in total. The van der Waals surface area contributed by atoms with Crippen LogP contribution in [0.2, 0.25) is 0 Å². The zero-order valence-corrected chi connectivity index (χ0v) is 15.4. The molecule has 0 atom stereocenters. The van der Waals surface area contributed by atoms with Crippen LogP contribution in [-0.2, 0) is 20.9 Å². The Morgan fingerprint density at radius 3 is 2.64 bits per heavy atom. The maximum Gasteiger partial charge on any atom is 0.307 e. The van der Waals surface area contributed by atoms with Crippen LogP contribution in [0.5, 0.6) is 5.75 Å². The molecule has 3 aromatic rings. The monoisotopic (exact) mass is 377 g/mol. The van der Waals surface area contributed by atoms with Gasteiger partial charge in [0.2, 0.25) is 0 Å². The minimum atomic E-state index is -0.397. The van der Waals surface area contributed by atoms with Crippen molar-refractivity contribution in [2.75, 3.05) is 18.1 Å². The number of aromatic nitrogens is 2. The van der Waals surface area contributed by atoms with Gasteiger partial charge in [0.05, 0.1) is 34.5 Å². The van der Waals surface area contributed by atoms with Crippen molar-refractivity contribution in [1.82, 2.24) is 9.97 Å². The third-order valence-electron chi connectivity index (χ3n) is 4.56. The summed E-state index contributed by atoms with van der Waals surface area (Å²) in [5.74, 6) is 0.0615. The molecular weight excluding hydrogens is 358 g/mol. The molecule has 0 unspecified atom stereocenters. The van der Waals surface area contributed by atoms with Crippen molar-refractivity contribution in [2.24, 2.45) is 0 Å². The first-order valence-corrected chi connectivity index (χ1v) is 9.02. The van der Waals surface area contributed by atoms with Crippen molar-refractivity contribution >= 4 is 28.6 Å². The van der Waals surface area contributed by atoms with Gasteiger partial charge in [0.15, 0.2) is 6.61 Å². The fourth-order valence-electron chi connectivity index (χ4n) is 3.08. The number of anilines is 1. The summed E-state index contributed by atoms with van der Waals surface area (Å²) in [6.07, 6.45) is 0.0835. The molecule has 1 aromatic heterocycles. The third-order valence-corrected chi connectivity index (χ3v) is 4.56. The van der Waals surface area contributed by atoms with Crippen LogP contribution >= 0.6 is 0 Å². The van der Waals surface area contributed by atoms with E-state index in [1.807, 2.05) is 43.3 Å². The number of amides is 1. The SMILES string of the molecule is Cc1nc2ccccc2nc1COC(=O)CCN1C(=O)COc2ccccc21. The molecule has 28 heavy (non-hydrogen) atoms. The highest BCUT2D eigenvalue weighted by atomic mass is 16.5. The first-order chi connectivity index (χ1) is 13.6. The predicted molar refractivity (Wildman–Crippen MR) is 103 cm³/mol. The van der Waals surface area contributed by atoms with Gasteiger partial charge in [0.1, 0.15) is 12.4 Å². The molecule has 7 nitrogen and oxygen atoms in total. The molecule has 142 valence electrons. The van der Waals surface area contributed by atoms with Crippen molar-refractivity contribution in [3.8, 4) is 5.75 Å². The van der Waals surface area contributed by atoms with Crippen LogP contribution in [0, 0.1) is 6.92 Å². The summed E-state index contributed by atoms with van der Waals surface area (Å²) in [6, 6.07) is 14.8. The number of ether oxygens (including phenoxy) is 2. The van der Waals surface area contributed by atoms with Crippen LogP contribution in [0.3, 0.4) is 0 Å². The summed E-state index contributed by atoms with van der Waals surface area (Å²) in [5, 5.41) is 0. The third kappa shape index (κ3) is 3.64.